The van der Waals surface area contributed by atoms with Crippen molar-refractivity contribution in [3.05, 3.63) is 69.5 Å². The Balaban J connectivity index is 1.79. The SMILES string of the molecule is O=C(CCc1ccccc1F)N1CCc2cccc([N+](=O)[O-])c21. The van der Waals surface area contributed by atoms with Crippen molar-refractivity contribution in [3.63, 3.8) is 0 Å². The number of aryl methyl sites for hydroxylation is 1. The van der Waals surface area contributed by atoms with Gasteiger partial charge in [0.25, 0.3) is 5.69 Å². The van der Waals surface area contributed by atoms with Crippen LogP contribution in [0.5, 0.6) is 0 Å². The number of nitro groups is 1. The first kappa shape index (κ1) is 15.1. The number of hydrogen-bond acceptors (Lipinski definition) is 3. The van der Waals surface area contributed by atoms with Crippen LogP contribution in [0.2, 0.25) is 0 Å². The Morgan fingerprint density at radius 2 is 2.00 bits per heavy atom. The van der Waals surface area contributed by atoms with Crippen LogP contribution in [-0.2, 0) is 17.6 Å². The zero-order valence-electron chi connectivity index (χ0n) is 12.4. The van der Waals surface area contributed by atoms with Gasteiger partial charge in [-0.05, 0) is 30.0 Å². The Morgan fingerprint density at radius 1 is 1.22 bits per heavy atom. The van der Waals surface area contributed by atoms with Crippen LogP contribution in [0.3, 0.4) is 0 Å². The number of para-hydroxylation sites is 1. The van der Waals surface area contributed by atoms with Crippen molar-refractivity contribution in [2.24, 2.45) is 0 Å². The van der Waals surface area contributed by atoms with Crippen LogP contribution in [0.1, 0.15) is 17.5 Å². The summed E-state index contributed by atoms with van der Waals surface area (Å²) in [5.41, 5.74) is 1.61. The van der Waals surface area contributed by atoms with Gasteiger partial charge in [-0.25, -0.2) is 4.39 Å². The maximum absolute atomic E-state index is 13.6. The van der Waals surface area contributed by atoms with E-state index >= 15 is 0 Å². The average Bonchev–Trinajstić information content (AvgIpc) is 2.97. The van der Waals surface area contributed by atoms with Gasteiger partial charge in [0.1, 0.15) is 11.5 Å². The second-order valence-corrected chi connectivity index (χ2v) is 5.43. The molecular formula is C17H15FN2O3. The number of nitrogens with zero attached hydrogens (tertiary/aromatic N) is 2. The third kappa shape index (κ3) is 2.92. The number of hydrogen-bond donors (Lipinski definition) is 0. The van der Waals surface area contributed by atoms with Gasteiger partial charge in [-0.2, -0.15) is 0 Å². The van der Waals surface area contributed by atoms with Crippen molar-refractivity contribution in [1.29, 1.82) is 0 Å². The van der Waals surface area contributed by atoms with Crippen LogP contribution in [0, 0.1) is 15.9 Å². The number of carbonyl (C=O) groups is 1. The maximum Gasteiger partial charge on any atom is 0.293 e. The topological polar surface area (TPSA) is 63.5 Å². The highest BCUT2D eigenvalue weighted by Crippen LogP contribution is 2.37. The Morgan fingerprint density at radius 3 is 2.74 bits per heavy atom. The van der Waals surface area contributed by atoms with E-state index in [-0.39, 0.29) is 30.3 Å². The molecule has 0 saturated heterocycles. The highest BCUT2D eigenvalue weighted by Gasteiger charge is 2.31. The number of carbonyl (C=O) groups excluding carboxylic acids is 1. The van der Waals surface area contributed by atoms with E-state index < -0.39 is 4.92 Å². The van der Waals surface area contributed by atoms with E-state index in [4.69, 9.17) is 0 Å². The summed E-state index contributed by atoms with van der Waals surface area (Å²) in [5.74, 6) is -0.561. The van der Waals surface area contributed by atoms with Crippen LogP contribution in [0.15, 0.2) is 42.5 Å². The Bertz CT molecular complexity index is 776. The standard InChI is InChI=1S/C17H15FN2O3/c18-14-6-2-1-4-12(14)8-9-16(21)19-11-10-13-5-3-7-15(17(13)19)20(22)23/h1-7H,8-11H2. The first-order chi connectivity index (χ1) is 11.1. The lowest BCUT2D eigenvalue weighted by Crippen LogP contribution is -2.29. The molecule has 1 heterocycles. The van der Waals surface area contributed by atoms with Gasteiger partial charge in [-0.15, -0.1) is 0 Å². The fourth-order valence-corrected chi connectivity index (χ4v) is 2.91. The molecule has 0 atom stereocenters. The number of anilines is 1. The molecule has 1 aliphatic heterocycles. The number of amides is 1. The van der Waals surface area contributed by atoms with Gasteiger partial charge >= 0.3 is 0 Å². The molecule has 3 rings (SSSR count). The van der Waals surface area contributed by atoms with Crippen molar-refractivity contribution in [2.75, 3.05) is 11.4 Å². The van der Waals surface area contributed by atoms with E-state index in [1.54, 1.807) is 30.3 Å². The molecule has 6 heteroatoms. The van der Waals surface area contributed by atoms with Gasteiger partial charge < -0.3 is 4.90 Å². The molecule has 2 aromatic rings. The summed E-state index contributed by atoms with van der Waals surface area (Å²) in [7, 11) is 0. The molecule has 23 heavy (non-hydrogen) atoms. The molecule has 0 spiro atoms. The summed E-state index contributed by atoms with van der Waals surface area (Å²) in [6.07, 6.45) is 0.993. The molecule has 0 N–H and O–H groups in total. The summed E-state index contributed by atoms with van der Waals surface area (Å²) >= 11 is 0. The van der Waals surface area contributed by atoms with Gasteiger partial charge in [-0.3, -0.25) is 14.9 Å². The molecule has 0 aromatic heterocycles. The monoisotopic (exact) mass is 314 g/mol. The molecule has 118 valence electrons. The van der Waals surface area contributed by atoms with Gasteiger partial charge in [-0.1, -0.05) is 30.3 Å². The predicted molar refractivity (Wildman–Crippen MR) is 83.9 cm³/mol. The summed E-state index contributed by atoms with van der Waals surface area (Å²) in [6, 6.07) is 11.1. The predicted octanol–water partition coefficient (Wildman–Crippen LogP) is 3.26. The van der Waals surface area contributed by atoms with Crippen LogP contribution >= 0.6 is 0 Å². The number of nitro benzene ring substituents is 1. The summed E-state index contributed by atoms with van der Waals surface area (Å²) in [5, 5.41) is 11.2. The Kier molecular flexibility index (Phi) is 4.06. The first-order valence-electron chi connectivity index (χ1n) is 7.38. The molecule has 0 aliphatic carbocycles. The van der Waals surface area contributed by atoms with E-state index in [9.17, 15) is 19.3 Å². The zero-order chi connectivity index (χ0) is 16.4. The molecule has 1 amide bonds. The highest BCUT2D eigenvalue weighted by atomic mass is 19.1. The van der Waals surface area contributed by atoms with Gasteiger partial charge in [0.05, 0.1) is 4.92 Å². The minimum Gasteiger partial charge on any atom is -0.306 e. The summed E-state index contributed by atoms with van der Waals surface area (Å²) in [6.45, 7) is 0.427. The first-order valence-corrected chi connectivity index (χ1v) is 7.38. The number of fused-ring (bicyclic) bond motifs is 1. The second kappa shape index (κ2) is 6.16. The van der Waals surface area contributed by atoms with Crippen LogP contribution in [0.25, 0.3) is 0 Å². The fourth-order valence-electron chi connectivity index (χ4n) is 2.91. The van der Waals surface area contributed by atoms with E-state index in [0.717, 1.165) is 5.56 Å². The molecule has 5 nitrogen and oxygen atoms in total. The second-order valence-electron chi connectivity index (χ2n) is 5.43. The fraction of sp³-hybridized carbons (Fsp3) is 0.235. The molecule has 0 bridgehead atoms. The van der Waals surface area contributed by atoms with Crippen molar-refractivity contribution < 1.29 is 14.1 Å². The summed E-state index contributed by atoms with van der Waals surface area (Å²) in [4.78, 5) is 24.6. The van der Waals surface area contributed by atoms with Crippen molar-refractivity contribution in [2.45, 2.75) is 19.3 Å². The van der Waals surface area contributed by atoms with Crippen LogP contribution in [0.4, 0.5) is 15.8 Å². The molecule has 0 unspecified atom stereocenters. The smallest absolute Gasteiger partial charge is 0.293 e. The van der Waals surface area contributed by atoms with E-state index in [0.29, 0.717) is 24.2 Å². The zero-order valence-corrected chi connectivity index (χ0v) is 12.4. The quantitative estimate of drug-likeness (QED) is 0.643. The Hall–Kier alpha value is -2.76. The van der Waals surface area contributed by atoms with Crippen molar-refractivity contribution >= 4 is 17.3 Å². The van der Waals surface area contributed by atoms with Gasteiger partial charge in [0.15, 0.2) is 0 Å². The highest BCUT2D eigenvalue weighted by molar-refractivity contribution is 5.98. The lowest BCUT2D eigenvalue weighted by atomic mass is 10.1. The van der Waals surface area contributed by atoms with E-state index in [1.165, 1.54) is 17.0 Å². The average molecular weight is 314 g/mol. The van der Waals surface area contributed by atoms with Crippen molar-refractivity contribution in [1.82, 2.24) is 0 Å². The maximum atomic E-state index is 13.6. The molecule has 0 saturated carbocycles. The number of rotatable bonds is 4. The summed E-state index contributed by atoms with van der Waals surface area (Å²) < 4.78 is 13.6. The Labute approximate surface area is 132 Å². The minimum atomic E-state index is -0.471. The van der Waals surface area contributed by atoms with Gasteiger partial charge in [0.2, 0.25) is 5.91 Å². The third-order valence-electron chi connectivity index (χ3n) is 4.04. The lowest BCUT2D eigenvalue weighted by Gasteiger charge is -2.17. The molecule has 2 aromatic carbocycles. The molecule has 1 aliphatic rings. The van der Waals surface area contributed by atoms with E-state index in [2.05, 4.69) is 0 Å². The molecule has 0 fully saturated rings. The van der Waals surface area contributed by atoms with Gasteiger partial charge in [0, 0.05) is 19.0 Å². The van der Waals surface area contributed by atoms with Crippen molar-refractivity contribution in [3.8, 4) is 0 Å². The lowest BCUT2D eigenvalue weighted by molar-refractivity contribution is -0.384. The minimum absolute atomic E-state index is 0.0563. The van der Waals surface area contributed by atoms with Crippen LogP contribution < -0.4 is 4.90 Å². The third-order valence-corrected chi connectivity index (χ3v) is 4.04. The molecular weight excluding hydrogens is 299 g/mol. The van der Waals surface area contributed by atoms with Crippen LogP contribution in [-0.4, -0.2) is 17.4 Å². The molecule has 0 radical (unpaired) electrons. The largest absolute Gasteiger partial charge is 0.306 e. The number of halogens is 1. The normalized spacial score (nSPS) is 13.0. The number of benzene rings is 2. The van der Waals surface area contributed by atoms with E-state index in [1.807, 2.05) is 0 Å².